The average Bonchev–Trinajstić information content (AvgIpc) is 3.23. The molecule has 4 heterocycles. The third-order valence-corrected chi connectivity index (χ3v) is 5.91. The van der Waals surface area contributed by atoms with Gasteiger partial charge < -0.3 is 4.90 Å². The number of hydrogen-bond acceptors (Lipinski definition) is 5. The Morgan fingerprint density at radius 3 is 2.71 bits per heavy atom. The maximum Gasteiger partial charge on any atom is 0.273 e. The van der Waals surface area contributed by atoms with E-state index in [1.807, 2.05) is 21.6 Å². The highest BCUT2D eigenvalue weighted by molar-refractivity contribution is 7.09. The number of hydrogen-bond donors (Lipinski definition) is 0. The molecule has 0 aliphatic carbocycles. The van der Waals surface area contributed by atoms with Crippen LogP contribution in [0.15, 0.2) is 28.4 Å². The molecule has 0 radical (unpaired) electrons. The van der Waals surface area contributed by atoms with Crippen LogP contribution in [0, 0.1) is 11.8 Å². The summed E-state index contributed by atoms with van der Waals surface area (Å²) in [5.74, 6) is 1.37. The Hall–Kier alpha value is -1.24. The fraction of sp³-hybridized carbons (Fsp3) is 0.467. The lowest BCUT2D eigenvalue weighted by Gasteiger charge is -2.20. The van der Waals surface area contributed by atoms with E-state index < -0.39 is 0 Å². The first kappa shape index (κ1) is 13.4. The summed E-state index contributed by atoms with van der Waals surface area (Å²) >= 11 is 3.31. The van der Waals surface area contributed by atoms with Crippen molar-refractivity contribution in [2.45, 2.75) is 6.54 Å². The van der Waals surface area contributed by atoms with Crippen LogP contribution in [0.4, 0.5) is 0 Å². The van der Waals surface area contributed by atoms with Gasteiger partial charge in [0.05, 0.1) is 5.51 Å². The average molecular weight is 319 g/mol. The minimum Gasteiger partial charge on any atom is -0.337 e. The first-order valence-electron chi connectivity index (χ1n) is 7.22. The highest BCUT2D eigenvalue weighted by Gasteiger charge is 2.41. The molecule has 4 nitrogen and oxygen atoms in total. The lowest BCUT2D eigenvalue weighted by molar-refractivity contribution is 0.0768. The highest BCUT2D eigenvalue weighted by Crippen LogP contribution is 2.33. The van der Waals surface area contributed by atoms with Crippen molar-refractivity contribution in [1.29, 1.82) is 0 Å². The van der Waals surface area contributed by atoms with Crippen molar-refractivity contribution in [3.63, 3.8) is 0 Å². The summed E-state index contributed by atoms with van der Waals surface area (Å²) in [6.45, 7) is 5.07. The molecule has 4 rings (SSSR count). The molecule has 2 fully saturated rings. The molecule has 2 aromatic heterocycles. The van der Waals surface area contributed by atoms with E-state index >= 15 is 0 Å². The molecule has 0 unspecified atom stereocenters. The summed E-state index contributed by atoms with van der Waals surface area (Å²) in [6, 6.07) is 4.32. The van der Waals surface area contributed by atoms with Crippen molar-refractivity contribution < 1.29 is 4.79 Å². The maximum atomic E-state index is 12.3. The van der Waals surface area contributed by atoms with E-state index in [9.17, 15) is 4.79 Å². The smallest absolute Gasteiger partial charge is 0.273 e. The van der Waals surface area contributed by atoms with Gasteiger partial charge in [0.15, 0.2) is 0 Å². The van der Waals surface area contributed by atoms with Crippen LogP contribution in [-0.2, 0) is 6.54 Å². The summed E-state index contributed by atoms with van der Waals surface area (Å²) < 4.78 is 0. The molecule has 21 heavy (non-hydrogen) atoms. The van der Waals surface area contributed by atoms with Crippen LogP contribution in [0.25, 0.3) is 0 Å². The topological polar surface area (TPSA) is 36.4 Å². The van der Waals surface area contributed by atoms with E-state index in [0.29, 0.717) is 17.5 Å². The number of aromatic nitrogens is 1. The van der Waals surface area contributed by atoms with Crippen LogP contribution in [0.5, 0.6) is 0 Å². The quantitative estimate of drug-likeness (QED) is 0.872. The first-order chi connectivity index (χ1) is 10.3. The number of amides is 1. The van der Waals surface area contributed by atoms with Gasteiger partial charge >= 0.3 is 0 Å². The number of thiophene rings is 1. The number of likely N-dealkylation sites (tertiary alicyclic amines) is 2. The zero-order valence-electron chi connectivity index (χ0n) is 11.6. The van der Waals surface area contributed by atoms with Gasteiger partial charge in [-0.05, 0) is 23.3 Å². The molecule has 2 atom stereocenters. The monoisotopic (exact) mass is 319 g/mol. The molecule has 1 amide bonds. The molecular formula is C15H17N3OS2. The van der Waals surface area contributed by atoms with Crippen molar-refractivity contribution >= 4 is 28.6 Å². The van der Waals surface area contributed by atoms with Crippen LogP contribution >= 0.6 is 22.7 Å². The van der Waals surface area contributed by atoms with Gasteiger partial charge in [-0.1, -0.05) is 6.07 Å². The third kappa shape index (κ3) is 2.63. The molecule has 0 saturated carbocycles. The number of carbonyl (C=O) groups excluding carboxylic acids is 1. The minimum atomic E-state index is 0.107. The van der Waals surface area contributed by atoms with Gasteiger partial charge in [0.25, 0.3) is 5.91 Å². The second-order valence-electron chi connectivity index (χ2n) is 5.88. The molecule has 2 aliphatic heterocycles. The minimum absolute atomic E-state index is 0.107. The third-order valence-electron chi connectivity index (χ3n) is 4.46. The molecule has 0 spiro atoms. The first-order valence-corrected chi connectivity index (χ1v) is 9.04. The lowest BCUT2D eigenvalue weighted by Crippen LogP contribution is -2.33. The Kier molecular flexibility index (Phi) is 3.52. The number of fused-ring (bicyclic) bond motifs is 1. The summed E-state index contributed by atoms with van der Waals surface area (Å²) in [4.78, 5) is 22.4. The fourth-order valence-corrected chi connectivity index (χ4v) is 4.76. The van der Waals surface area contributed by atoms with E-state index in [2.05, 4.69) is 27.4 Å². The second-order valence-corrected chi connectivity index (χ2v) is 7.63. The predicted octanol–water partition coefficient (Wildman–Crippen LogP) is 2.41. The van der Waals surface area contributed by atoms with E-state index in [4.69, 9.17) is 0 Å². The van der Waals surface area contributed by atoms with Crippen LogP contribution in [-0.4, -0.2) is 46.9 Å². The molecule has 6 heteroatoms. The maximum absolute atomic E-state index is 12.3. The predicted molar refractivity (Wildman–Crippen MR) is 84.6 cm³/mol. The van der Waals surface area contributed by atoms with Gasteiger partial charge in [-0.3, -0.25) is 9.69 Å². The van der Waals surface area contributed by atoms with E-state index in [-0.39, 0.29) is 5.91 Å². The fourth-order valence-electron chi connectivity index (χ4n) is 3.49. The summed E-state index contributed by atoms with van der Waals surface area (Å²) in [6.07, 6.45) is 0. The Bertz CT molecular complexity index is 597. The normalized spacial score (nSPS) is 25.4. The van der Waals surface area contributed by atoms with Crippen LogP contribution in [0.3, 0.4) is 0 Å². The van der Waals surface area contributed by atoms with Gasteiger partial charge in [-0.2, -0.15) is 0 Å². The largest absolute Gasteiger partial charge is 0.337 e. The molecular weight excluding hydrogens is 302 g/mol. The lowest BCUT2D eigenvalue weighted by atomic mass is 10.0. The molecule has 2 saturated heterocycles. The molecule has 2 aromatic rings. The highest BCUT2D eigenvalue weighted by atomic mass is 32.1. The molecule has 0 aromatic carbocycles. The van der Waals surface area contributed by atoms with Crippen LogP contribution < -0.4 is 0 Å². The Balaban J connectivity index is 1.36. The van der Waals surface area contributed by atoms with Crippen LogP contribution in [0.1, 0.15) is 15.4 Å². The Morgan fingerprint density at radius 1 is 1.29 bits per heavy atom. The van der Waals surface area contributed by atoms with Crippen LogP contribution in [0.2, 0.25) is 0 Å². The molecule has 2 aliphatic rings. The van der Waals surface area contributed by atoms with Crippen molar-refractivity contribution in [2.75, 3.05) is 26.2 Å². The zero-order valence-corrected chi connectivity index (χ0v) is 13.3. The summed E-state index contributed by atoms with van der Waals surface area (Å²) in [5, 5.41) is 3.99. The van der Waals surface area contributed by atoms with E-state index in [1.165, 1.54) is 16.2 Å². The molecule has 0 bridgehead atoms. The van der Waals surface area contributed by atoms with Crippen molar-refractivity contribution in [1.82, 2.24) is 14.8 Å². The molecule has 110 valence electrons. The van der Waals surface area contributed by atoms with E-state index in [1.54, 1.807) is 5.51 Å². The van der Waals surface area contributed by atoms with Crippen molar-refractivity contribution in [3.05, 3.63) is 39.0 Å². The van der Waals surface area contributed by atoms with Gasteiger partial charge in [0, 0.05) is 43.0 Å². The second kappa shape index (κ2) is 5.51. The van der Waals surface area contributed by atoms with Crippen molar-refractivity contribution in [3.8, 4) is 0 Å². The number of nitrogens with zero attached hydrogens (tertiary/aromatic N) is 3. The van der Waals surface area contributed by atoms with Gasteiger partial charge in [0.2, 0.25) is 0 Å². The number of carbonyl (C=O) groups is 1. The SMILES string of the molecule is O=C(c1cscn1)N1C[C@@H]2CN(Cc3cccs3)C[C@H]2C1. The standard InChI is InChI=1S/C15H17N3OS2/c19-15(14-9-20-10-16-14)18-6-11-4-17(5-12(11)7-18)8-13-2-1-3-21-13/h1-3,9-12H,4-8H2/t11-,12-/m0/s1. The van der Waals surface area contributed by atoms with E-state index in [0.717, 1.165) is 32.7 Å². The van der Waals surface area contributed by atoms with Gasteiger partial charge in [-0.25, -0.2) is 4.98 Å². The Morgan fingerprint density at radius 2 is 2.10 bits per heavy atom. The summed E-state index contributed by atoms with van der Waals surface area (Å²) in [7, 11) is 0. The van der Waals surface area contributed by atoms with Gasteiger partial charge in [0.1, 0.15) is 5.69 Å². The van der Waals surface area contributed by atoms with Gasteiger partial charge in [-0.15, -0.1) is 22.7 Å². The Labute approximate surface area is 132 Å². The van der Waals surface area contributed by atoms with Crippen molar-refractivity contribution in [2.24, 2.45) is 11.8 Å². The number of rotatable bonds is 3. The summed E-state index contributed by atoms with van der Waals surface area (Å²) in [5.41, 5.74) is 2.34. The number of thiazole rings is 1. The molecule has 0 N–H and O–H groups in total. The zero-order chi connectivity index (χ0) is 14.2.